The van der Waals surface area contributed by atoms with Crippen LogP contribution in [0.2, 0.25) is 0 Å². The summed E-state index contributed by atoms with van der Waals surface area (Å²) in [7, 11) is 0. The molecule has 0 bridgehead atoms. The first-order valence-corrected chi connectivity index (χ1v) is 11.3. The molecule has 0 amide bonds. The number of unbranched alkanes of at least 4 members (excludes halogenated alkanes) is 4. The quantitative estimate of drug-likeness (QED) is 0.145. The number of carbonyl (C=O) groups is 1. The summed E-state index contributed by atoms with van der Waals surface area (Å²) in [6.07, 6.45) is 9.37. The summed E-state index contributed by atoms with van der Waals surface area (Å²) < 4.78 is 10.9. The maximum absolute atomic E-state index is 11.3. The SMILES string of the molecule is C=C(C)C(=O)OCCCCCCOc1ccc(C=Nc2ccc(CCCC)cc2)cc1. The zero-order valence-electron chi connectivity index (χ0n) is 18.9. The Morgan fingerprint density at radius 2 is 1.61 bits per heavy atom. The number of aliphatic imine (C=N–C) groups is 1. The lowest BCUT2D eigenvalue weighted by atomic mass is 10.1. The highest BCUT2D eigenvalue weighted by Crippen LogP contribution is 2.16. The van der Waals surface area contributed by atoms with Gasteiger partial charge < -0.3 is 9.47 Å². The van der Waals surface area contributed by atoms with Gasteiger partial charge >= 0.3 is 5.97 Å². The third kappa shape index (κ3) is 10.1. The van der Waals surface area contributed by atoms with Gasteiger partial charge in [-0.25, -0.2) is 4.79 Å². The van der Waals surface area contributed by atoms with Gasteiger partial charge in [-0.05, 0) is 93.0 Å². The summed E-state index contributed by atoms with van der Waals surface area (Å²) in [5.41, 5.74) is 3.83. The van der Waals surface area contributed by atoms with Crippen molar-refractivity contribution in [3.05, 3.63) is 71.8 Å². The molecule has 0 N–H and O–H groups in total. The molecule has 31 heavy (non-hydrogen) atoms. The van der Waals surface area contributed by atoms with Gasteiger partial charge in [-0.2, -0.15) is 0 Å². The first-order chi connectivity index (χ1) is 15.1. The second-order valence-corrected chi connectivity index (χ2v) is 7.78. The van der Waals surface area contributed by atoms with E-state index >= 15 is 0 Å². The van der Waals surface area contributed by atoms with Gasteiger partial charge in [-0.1, -0.05) is 32.1 Å². The Morgan fingerprint density at radius 1 is 0.935 bits per heavy atom. The Labute approximate surface area is 187 Å². The number of hydrogen-bond acceptors (Lipinski definition) is 4. The monoisotopic (exact) mass is 421 g/mol. The Bertz CT molecular complexity index is 823. The number of carbonyl (C=O) groups excluding carboxylic acids is 1. The average Bonchev–Trinajstić information content (AvgIpc) is 2.79. The highest BCUT2D eigenvalue weighted by Gasteiger charge is 2.02. The topological polar surface area (TPSA) is 47.9 Å². The van der Waals surface area contributed by atoms with Crippen LogP contribution in [0.4, 0.5) is 5.69 Å². The van der Waals surface area contributed by atoms with E-state index in [1.54, 1.807) is 6.92 Å². The van der Waals surface area contributed by atoms with E-state index in [-0.39, 0.29) is 5.97 Å². The normalized spacial score (nSPS) is 10.9. The van der Waals surface area contributed by atoms with Crippen LogP contribution in [0.5, 0.6) is 5.75 Å². The minimum Gasteiger partial charge on any atom is -0.494 e. The Kier molecular flexibility index (Phi) is 11.2. The van der Waals surface area contributed by atoms with Crippen LogP contribution < -0.4 is 4.74 Å². The van der Waals surface area contributed by atoms with E-state index in [1.807, 2.05) is 30.5 Å². The van der Waals surface area contributed by atoms with Crippen LogP contribution in [0.15, 0.2) is 65.7 Å². The van der Waals surface area contributed by atoms with Crippen LogP contribution in [0.1, 0.15) is 63.5 Å². The maximum Gasteiger partial charge on any atom is 0.333 e. The molecule has 0 atom stereocenters. The van der Waals surface area contributed by atoms with E-state index in [0.717, 1.165) is 49.1 Å². The van der Waals surface area contributed by atoms with E-state index < -0.39 is 0 Å². The van der Waals surface area contributed by atoms with Crippen LogP contribution in [-0.4, -0.2) is 25.4 Å². The minimum absolute atomic E-state index is 0.308. The van der Waals surface area contributed by atoms with Gasteiger partial charge in [0.05, 0.1) is 18.9 Å². The third-order valence-corrected chi connectivity index (χ3v) is 4.89. The van der Waals surface area contributed by atoms with Crippen molar-refractivity contribution in [3.8, 4) is 5.75 Å². The lowest BCUT2D eigenvalue weighted by Gasteiger charge is -2.07. The highest BCUT2D eigenvalue weighted by atomic mass is 16.5. The third-order valence-electron chi connectivity index (χ3n) is 4.89. The zero-order chi connectivity index (χ0) is 22.3. The summed E-state index contributed by atoms with van der Waals surface area (Å²) in [5, 5.41) is 0. The van der Waals surface area contributed by atoms with Crippen LogP contribution in [-0.2, 0) is 16.0 Å². The standard InChI is InChI=1S/C27H35NO3/c1-4-5-10-23-11-15-25(16-12-23)28-21-24-13-17-26(18-14-24)30-19-8-6-7-9-20-31-27(29)22(2)3/h11-18,21H,2,4-10,19-20H2,1,3H3. The zero-order valence-corrected chi connectivity index (χ0v) is 18.9. The van der Waals surface area contributed by atoms with Gasteiger partial charge in [0.15, 0.2) is 0 Å². The van der Waals surface area contributed by atoms with E-state index in [4.69, 9.17) is 9.47 Å². The molecule has 4 nitrogen and oxygen atoms in total. The average molecular weight is 422 g/mol. The molecule has 0 saturated carbocycles. The molecular weight excluding hydrogens is 386 g/mol. The molecular formula is C27H35NO3. The molecule has 2 aromatic rings. The van der Waals surface area contributed by atoms with Crippen molar-refractivity contribution in [1.82, 2.24) is 0 Å². The summed E-state index contributed by atoms with van der Waals surface area (Å²) in [6, 6.07) is 16.5. The summed E-state index contributed by atoms with van der Waals surface area (Å²) >= 11 is 0. The van der Waals surface area contributed by atoms with E-state index in [0.29, 0.717) is 18.8 Å². The van der Waals surface area contributed by atoms with Crippen molar-refractivity contribution in [2.75, 3.05) is 13.2 Å². The fourth-order valence-electron chi connectivity index (χ4n) is 2.96. The number of ether oxygens (including phenoxy) is 2. The molecule has 4 heteroatoms. The summed E-state index contributed by atoms with van der Waals surface area (Å²) in [6.45, 7) is 8.58. The van der Waals surface area contributed by atoms with Crippen molar-refractivity contribution < 1.29 is 14.3 Å². The number of hydrogen-bond donors (Lipinski definition) is 0. The van der Waals surface area contributed by atoms with E-state index in [9.17, 15) is 4.79 Å². The van der Waals surface area contributed by atoms with Crippen LogP contribution in [0, 0.1) is 0 Å². The fourth-order valence-corrected chi connectivity index (χ4v) is 2.96. The van der Waals surface area contributed by atoms with Crippen LogP contribution >= 0.6 is 0 Å². The molecule has 0 aromatic heterocycles. The first-order valence-electron chi connectivity index (χ1n) is 11.3. The molecule has 2 rings (SSSR count). The molecule has 0 aliphatic heterocycles. The van der Waals surface area contributed by atoms with Gasteiger partial charge in [-0.3, -0.25) is 4.99 Å². The molecule has 0 radical (unpaired) electrons. The van der Waals surface area contributed by atoms with E-state index in [2.05, 4.69) is 42.8 Å². The number of aryl methyl sites for hydroxylation is 1. The molecule has 0 fully saturated rings. The molecule has 0 aliphatic rings. The van der Waals surface area contributed by atoms with Crippen molar-refractivity contribution in [1.29, 1.82) is 0 Å². The molecule has 0 aliphatic carbocycles. The Balaban J connectivity index is 1.62. The molecule has 0 saturated heterocycles. The predicted octanol–water partition coefficient (Wildman–Crippen LogP) is 6.84. The largest absolute Gasteiger partial charge is 0.494 e. The molecule has 0 unspecified atom stereocenters. The maximum atomic E-state index is 11.3. The fraction of sp³-hybridized carbons (Fsp3) is 0.407. The molecule has 166 valence electrons. The van der Waals surface area contributed by atoms with Crippen LogP contribution in [0.25, 0.3) is 0 Å². The molecule has 0 heterocycles. The van der Waals surface area contributed by atoms with Crippen molar-refractivity contribution in [2.45, 2.75) is 58.8 Å². The second-order valence-electron chi connectivity index (χ2n) is 7.78. The highest BCUT2D eigenvalue weighted by molar-refractivity contribution is 5.86. The number of esters is 1. The smallest absolute Gasteiger partial charge is 0.333 e. The Morgan fingerprint density at radius 3 is 2.26 bits per heavy atom. The van der Waals surface area contributed by atoms with Gasteiger partial charge in [0, 0.05) is 11.8 Å². The van der Waals surface area contributed by atoms with Crippen molar-refractivity contribution in [2.24, 2.45) is 4.99 Å². The van der Waals surface area contributed by atoms with Gasteiger partial charge in [0.1, 0.15) is 5.75 Å². The van der Waals surface area contributed by atoms with Gasteiger partial charge in [0.2, 0.25) is 0 Å². The predicted molar refractivity (Wildman–Crippen MR) is 128 cm³/mol. The molecule has 2 aromatic carbocycles. The number of rotatable bonds is 14. The Hall–Kier alpha value is -2.88. The molecule has 0 spiro atoms. The van der Waals surface area contributed by atoms with E-state index in [1.165, 1.54) is 18.4 Å². The lowest BCUT2D eigenvalue weighted by Crippen LogP contribution is -2.06. The summed E-state index contributed by atoms with van der Waals surface area (Å²) in [4.78, 5) is 15.8. The van der Waals surface area contributed by atoms with Gasteiger partial charge in [-0.15, -0.1) is 0 Å². The lowest BCUT2D eigenvalue weighted by molar-refractivity contribution is -0.139. The van der Waals surface area contributed by atoms with Crippen molar-refractivity contribution >= 4 is 17.9 Å². The first kappa shape index (κ1) is 24.4. The second kappa shape index (κ2) is 14.2. The summed E-state index contributed by atoms with van der Waals surface area (Å²) in [5.74, 6) is 0.560. The van der Waals surface area contributed by atoms with Crippen molar-refractivity contribution in [3.63, 3.8) is 0 Å². The minimum atomic E-state index is -0.308. The van der Waals surface area contributed by atoms with Gasteiger partial charge in [0.25, 0.3) is 0 Å². The van der Waals surface area contributed by atoms with Crippen LogP contribution in [0.3, 0.4) is 0 Å². The number of nitrogens with zero attached hydrogens (tertiary/aromatic N) is 1. The number of benzene rings is 2.